The third kappa shape index (κ3) is 3.62. The van der Waals surface area contributed by atoms with Gasteiger partial charge in [-0.25, -0.2) is 9.98 Å². The van der Waals surface area contributed by atoms with Crippen molar-refractivity contribution >= 4 is 55.9 Å². The van der Waals surface area contributed by atoms with E-state index in [1.165, 1.54) is 18.2 Å². The SMILES string of the molecule is COC(=O)[C@]1(C)CCC[C@]2(C)c3cc(Br)c4nc(N=Cc5ccc6ccccc6c5O)[nH]c4c3CC[C@@H]12. The number of aromatic amines is 1. The lowest BCUT2D eigenvalue weighted by Crippen LogP contribution is -2.52. The van der Waals surface area contributed by atoms with Crippen molar-refractivity contribution in [2.24, 2.45) is 16.3 Å². The quantitative estimate of drug-likeness (QED) is 0.206. The summed E-state index contributed by atoms with van der Waals surface area (Å²) in [6.07, 6.45) is 6.33. The van der Waals surface area contributed by atoms with Gasteiger partial charge < -0.3 is 14.8 Å². The highest BCUT2D eigenvalue weighted by Gasteiger charge is 2.56. The van der Waals surface area contributed by atoms with E-state index in [-0.39, 0.29) is 23.1 Å². The lowest BCUT2D eigenvalue weighted by atomic mass is 9.50. The van der Waals surface area contributed by atoms with E-state index in [4.69, 9.17) is 9.72 Å². The van der Waals surface area contributed by atoms with Crippen LogP contribution in [0.25, 0.3) is 21.8 Å². The summed E-state index contributed by atoms with van der Waals surface area (Å²) in [4.78, 5) is 25.7. The summed E-state index contributed by atoms with van der Waals surface area (Å²) in [7, 11) is 1.50. The number of carbonyl (C=O) groups excluding carboxylic acids is 1. The molecule has 1 heterocycles. The second-order valence-corrected chi connectivity index (χ2v) is 11.8. The number of benzene rings is 3. The van der Waals surface area contributed by atoms with Crippen LogP contribution in [-0.4, -0.2) is 34.4 Å². The molecule has 3 aromatic carbocycles. The Kier molecular flexibility index (Phi) is 5.68. The van der Waals surface area contributed by atoms with Gasteiger partial charge in [0, 0.05) is 21.6 Å². The summed E-state index contributed by atoms with van der Waals surface area (Å²) < 4.78 is 6.19. The number of phenols is 1. The Bertz CT molecular complexity index is 1590. The zero-order valence-electron chi connectivity index (χ0n) is 21.3. The minimum absolute atomic E-state index is 0.0953. The number of phenolic OH excluding ortho intramolecular Hbond substituents is 1. The number of imidazole rings is 1. The molecule has 7 heteroatoms. The maximum absolute atomic E-state index is 12.9. The number of nitrogens with one attached hydrogen (secondary N) is 1. The first-order valence-electron chi connectivity index (χ1n) is 12.8. The van der Waals surface area contributed by atoms with E-state index < -0.39 is 5.41 Å². The topological polar surface area (TPSA) is 87.6 Å². The minimum Gasteiger partial charge on any atom is -0.507 e. The van der Waals surface area contributed by atoms with Crippen LogP contribution >= 0.6 is 15.9 Å². The van der Waals surface area contributed by atoms with Crippen molar-refractivity contribution in [3.8, 4) is 5.75 Å². The lowest BCUT2D eigenvalue weighted by Gasteiger charge is -2.54. The summed E-state index contributed by atoms with van der Waals surface area (Å²) in [6, 6.07) is 13.8. The molecular weight excluding hydrogens is 530 g/mol. The molecule has 0 amide bonds. The van der Waals surface area contributed by atoms with Crippen molar-refractivity contribution in [2.45, 2.75) is 51.4 Å². The highest BCUT2D eigenvalue weighted by atomic mass is 79.9. The van der Waals surface area contributed by atoms with Crippen LogP contribution in [0, 0.1) is 11.3 Å². The van der Waals surface area contributed by atoms with Gasteiger partial charge >= 0.3 is 5.97 Å². The molecule has 2 aliphatic rings. The fourth-order valence-electron chi connectivity index (χ4n) is 7.11. The molecule has 1 fully saturated rings. The van der Waals surface area contributed by atoms with Crippen molar-refractivity contribution < 1.29 is 14.6 Å². The Labute approximate surface area is 224 Å². The smallest absolute Gasteiger partial charge is 0.311 e. The predicted octanol–water partition coefficient (Wildman–Crippen LogP) is 7.12. The van der Waals surface area contributed by atoms with E-state index in [1.54, 1.807) is 6.21 Å². The molecule has 6 nitrogen and oxygen atoms in total. The summed E-state index contributed by atoms with van der Waals surface area (Å²) in [5, 5.41) is 12.5. The Balaban J connectivity index is 1.41. The van der Waals surface area contributed by atoms with E-state index in [2.05, 4.69) is 45.8 Å². The number of aromatic nitrogens is 2. The number of methoxy groups -OCH3 is 1. The number of esters is 1. The van der Waals surface area contributed by atoms with E-state index in [9.17, 15) is 9.90 Å². The lowest BCUT2D eigenvalue weighted by molar-refractivity contribution is -0.161. The molecule has 0 aliphatic heterocycles. The number of ether oxygens (including phenoxy) is 1. The number of halogens is 1. The van der Waals surface area contributed by atoms with Crippen LogP contribution in [0.1, 0.15) is 56.2 Å². The van der Waals surface area contributed by atoms with Gasteiger partial charge in [0.15, 0.2) is 0 Å². The zero-order valence-corrected chi connectivity index (χ0v) is 22.9. The van der Waals surface area contributed by atoms with Crippen LogP contribution in [0.5, 0.6) is 5.75 Å². The van der Waals surface area contributed by atoms with E-state index >= 15 is 0 Å². The van der Waals surface area contributed by atoms with Crippen LogP contribution in [0.15, 0.2) is 51.9 Å². The van der Waals surface area contributed by atoms with Crippen LogP contribution in [0.4, 0.5) is 5.95 Å². The highest BCUT2D eigenvalue weighted by molar-refractivity contribution is 9.10. The number of hydrogen-bond donors (Lipinski definition) is 2. The van der Waals surface area contributed by atoms with Gasteiger partial charge in [0.2, 0.25) is 5.95 Å². The van der Waals surface area contributed by atoms with Gasteiger partial charge in [-0.15, -0.1) is 0 Å². The first-order chi connectivity index (χ1) is 17.8. The average molecular weight is 560 g/mol. The van der Waals surface area contributed by atoms with Crippen molar-refractivity contribution in [1.29, 1.82) is 0 Å². The Morgan fingerprint density at radius 1 is 1.24 bits per heavy atom. The monoisotopic (exact) mass is 559 g/mol. The Hall–Kier alpha value is -3.19. The number of H-pyrrole nitrogens is 1. The first kappa shape index (κ1) is 24.2. The number of fused-ring (bicyclic) bond motifs is 6. The van der Waals surface area contributed by atoms with E-state index in [0.717, 1.165) is 58.4 Å². The molecule has 190 valence electrons. The van der Waals surface area contributed by atoms with Gasteiger partial charge in [-0.2, -0.15) is 0 Å². The molecule has 1 saturated carbocycles. The van der Waals surface area contributed by atoms with Crippen molar-refractivity contribution in [3.05, 3.63) is 63.6 Å². The number of hydrogen-bond acceptors (Lipinski definition) is 5. The van der Waals surface area contributed by atoms with E-state index in [1.807, 2.05) is 36.4 Å². The second kappa shape index (κ2) is 8.69. The molecule has 1 aromatic heterocycles. The number of aromatic hydroxyl groups is 1. The molecule has 3 atom stereocenters. The van der Waals surface area contributed by atoms with Gasteiger partial charge in [0.25, 0.3) is 0 Å². The summed E-state index contributed by atoms with van der Waals surface area (Å²) in [5.41, 5.74) is 4.41. The fourth-order valence-corrected chi connectivity index (χ4v) is 7.62. The number of aryl methyl sites for hydroxylation is 1. The van der Waals surface area contributed by atoms with Crippen LogP contribution in [-0.2, 0) is 21.4 Å². The number of nitrogens with zero attached hydrogens (tertiary/aromatic N) is 2. The number of carbonyl (C=O) groups is 1. The third-order valence-corrected chi connectivity index (χ3v) is 9.56. The largest absolute Gasteiger partial charge is 0.507 e. The molecule has 0 saturated heterocycles. The van der Waals surface area contributed by atoms with Gasteiger partial charge in [0.05, 0.1) is 18.0 Å². The number of aliphatic imine (C=N–C) groups is 1. The average Bonchev–Trinajstić information content (AvgIpc) is 3.33. The van der Waals surface area contributed by atoms with Crippen LogP contribution in [0.3, 0.4) is 0 Å². The van der Waals surface area contributed by atoms with E-state index in [0.29, 0.717) is 11.5 Å². The van der Waals surface area contributed by atoms with Gasteiger partial charge in [-0.1, -0.05) is 43.7 Å². The van der Waals surface area contributed by atoms with Gasteiger partial charge in [-0.05, 0) is 88.5 Å². The molecule has 0 spiro atoms. The number of rotatable bonds is 3. The van der Waals surface area contributed by atoms with Crippen molar-refractivity contribution in [1.82, 2.24) is 9.97 Å². The van der Waals surface area contributed by atoms with Crippen molar-refractivity contribution in [2.75, 3.05) is 7.11 Å². The second-order valence-electron chi connectivity index (χ2n) is 10.9. The van der Waals surface area contributed by atoms with Crippen LogP contribution < -0.4 is 0 Å². The third-order valence-electron chi connectivity index (χ3n) is 8.95. The van der Waals surface area contributed by atoms with Crippen molar-refractivity contribution in [3.63, 3.8) is 0 Å². The Morgan fingerprint density at radius 2 is 2.05 bits per heavy atom. The minimum atomic E-state index is -0.480. The molecule has 0 unspecified atom stereocenters. The first-order valence-corrected chi connectivity index (χ1v) is 13.6. The Morgan fingerprint density at radius 3 is 2.86 bits per heavy atom. The fraction of sp³-hybridized carbons (Fsp3) is 0.367. The molecule has 2 aliphatic carbocycles. The summed E-state index contributed by atoms with van der Waals surface area (Å²) in [6.45, 7) is 4.40. The maximum Gasteiger partial charge on any atom is 0.311 e. The standard InChI is InChI=1S/C30H30BrN3O3/c1-29-13-6-14-30(2,27(36)37-3)23(29)12-11-20-21(29)15-22(31)25-24(20)33-28(34-25)32-16-18-10-9-17-7-4-5-8-19(17)26(18)35/h4-5,7-10,15-16,23,35H,6,11-14H2,1-3H3,(H,33,34)/t23-,29-,30-/m1/s1. The molecule has 37 heavy (non-hydrogen) atoms. The molecule has 0 bridgehead atoms. The molecule has 4 aromatic rings. The predicted molar refractivity (Wildman–Crippen MR) is 150 cm³/mol. The molecular formula is C30H30BrN3O3. The summed E-state index contributed by atoms with van der Waals surface area (Å²) in [5.74, 6) is 0.824. The molecule has 0 radical (unpaired) electrons. The normalized spacial score (nSPS) is 25.4. The maximum atomic E-state index is 12.9. The highest BCUT2D eigenvalue weighted by Crippen LogP contribution is 2.58. The van der Waals surface area contributed by atoms with Gasteiger partial charge in [-0.3, -0.25) is 4.79 Å². The molecule has 2 N–H and O–H groups in total. The molecule has 6 rings (SSSR count). The zero-order chi connectivity index (χ0) is 25.9. The van der Waals surface area contributed by atoms with Gasteiger partial charge in [0.1, 0.15) is 11.3 Å². The summed E-state index contributed by atoms with van der Waals surface area (Å²) >= 11 is 3.77. The van der Waals surface area contributed by atoms with Crippen LogP contribution in [0.2, 0.25) is 0 Å².